The maximum atomic E-state index is 11.0. The van der Waals surface area contributed by atoms with Gasteiger partial charge in [-0.05, 0) is 42.8 Å². The molecule has 0 radical (unpaired) electrons. The summed E-state index contributed by atoms with van der Waals surface area (Å²) >= 11 is 0. The predicted molar refractivity (Wildman–Crippen MR) is 76.6 cm³/mol. The number of carbonyl (C=O) groups is 1. The number of hydrogen-bond donors (Lipinski definition) is 1. The summed E-state index contributed by atoms with van der Waals surface area (Å²) in [5.41, 5.74) is 1.73. The summed E-state index contributed by atoms with van der Waals surface area (Å²) in [5.74, 6) is 0.0836. The molecular weight excluding hydrogens is 270 g/mol. The second-order valence-corrected chi connectivity index (χ2v) is 4.39. The highest BCUT2D eigenvalue weighted by Crippen LogP contribution is 2.23. The lowest BCUT2D eigenvalue weighted by atomic mass is 10.1. The number of carboxylic acid groups (broad SMARTS) is 1. The van der Waals surface area contributed by atoms with Crippen LogP contribution in [0.5, 0.6) is 5.75 Å². The molecule has 3 rings (SSSR count). The number of ether oxygens (including phenoxy) is 1. The molecule has 2 aromatic heterocycles. The highest BCUT2D eigenvalue weighted by Gasteiger charge is 2.12. The Morgan fingerprint density at radius 1 is 1.29 bits per heavy atom. The maximum Gasteiger partial charge on any atom is 0.356 e. The minimum atomic E-state index is -1.07. The van der Waals surface area contributed by atoms with Gasteiger partial charge in [0.25, 0.3) is 0 Å². The third-order valence-electron chi connectivity index (χ3n) is 3.05. The van der Waals surface area contributed by atoms with E-state index in [1.807, 2.05) is 37.3 Å². The maximum absolute atomic E-state index is 11.0. The Hall–Kier alpha value is -2.89. The van der Waals surface area contributed by atoms with Crippen molar-refractivity contribution in [2.24, 2.45) is 0 Å². The second kappa shape index (κ2) is 5.24. The number of nitrogens with zero attached hydrogens (tertiary/aromatic N) is 3. The van der Waals surface area contributed by atoms with Crippen LogP contribution in [0.2, 0.25) is 0 Å². The van der Waals surface area contributed by atoms with Crippen LogP contribution in [0.15, 0.2) is 42.7 Å². The molecule has 2 heterocycles. The molecule has 0 atom stereocenters. The van der Waals surface area contributed by atoms with Crippen molar-refractivity contribution >= 4 is 11.7 Å². The zero-order valence-corrected chi connectivity index (χ0v) is 11.4. The molecule has 0 saturated heterocycles. The first kappa shape index (κ1) is 13.1. The molecule has 0 aliphatic rings. The summed E-state index contributed by atoms with van der Waals surface area (Å²) in [6.07, 6.45) is 3.08. The van der Waals surface area contributed by atoms with Crippen molar-refractivity contribution in [2.45, 2.75) is 6.92 Å². The highest BCUT2D eigenvalue weighted by molar-refractivity contribution is 5.86. The molecule has 0 spiro atoms. The van der Waals surface area contributed by atoms with Gasteiger partial charge in [0, 0.05) is 12.4 Å². The second-order valence-electron chi connectivity index (χ2n) is 4.39. The Kier molecular flexibility index (Phi) is 3.27. The zero-order chi connectivity index (χ0) is 14.8. The molecule has 0 amide bonds. The number of carboxylic acids is 1. The molecule has 0 unspecified atom stereocenters. The van der Waals surface area contributed by atoms with Crippen LogP contribution >= 0.6 is 0 Å². The van der Waals surface area contributed by atoms with Crippen LogP contribution in [0, 0.1) is 0 Å². The molecule has 1 N–H and O–H groups in total. The van der Waals surface area contributed by atoms with E-state index < -0.39 is 5.97 Å². The van der Waals surface area contributed by atoms with Crippen LogP contribution in [0.4, 0.5) is 0 Å². The smallest absolute Gasteiger partial charge is 0.356 e. The number of fused-ring (bicyclic) bond motifs is 1. The van der Waals surface area contributed by atoms with E-state index >= 15 is 0 Å². The molecule has 6 heteroatoms. The Morgan fingerprint density at radius 2 is 2.05 bits per heavy atom. The van der Waals surface area contributed by atoms with Crippen LogP contribution in [-0.4, -0.2) is 32.1 Å². The number of aromatic nitrogens is 3. The van der Waals surface area contributed by atoms with Gasteiger partial charge in [-0.25, -0.2) is 14.8 Å². The summed E-state index contributed by atoms with van der Waals surface area (Å²) in [6.45, 7) is 2.54. The predicted octanol–water partition coefficient (Wildman–Crippen LogP) is 2.49. The molecule has 0 bridgehead atoms. The summed E-state index contributed by atoms with van der Waals surface area (Å²) in [5, 5.41) is 9.02. The van der Waals surface area contributed by atoms with Crippen molar-refractivity contribution in [3.63, 3.8) is 0 Å². The van der Waals surface area contributed by atoms with Crippen molar-refractivity contribution in [3.05, 3.63) is 48.4 Å². The van der Waals surface area contributed by atoms with E-state index in [9.17, 15) is 4.79 Å². The molecule has 3 aromatic rings. The van der Waals surface area contributed by atoms with Crippen molar-refractivity contribution in [3.8, 4) is 17.0 Å². The average Bonchev–Trinajstić information content (AvgIpc) is 2.93. The van der Waals surface area contributed by atoms with Gasteiger partial charge in [0.15, 0.2) is 5.69 Å². The third-order valence-corrected chi connectivity index (χ3v) is 3.05. The third kappa shape index (κ3) is 2.43. The lowest BCUT2D eigenvalue weighted by molar-refractivity contribution is 0.0691. The summed E-state index contributed by atoms with van der Waals surface area (Å²) in [7, 11) is 0. The number of imidazole rings is 1. The van der Waals surface area contributed by atoms with Crippen LogP contribution < -0.4 is 4.74 Å². The quantitative estimate of drug-likeness (QED) is 0.796. The van der Waals surface area contributed by atoms with Gasteiger partial charge >= 0.3 is 5.97 Å². The Balaban J connectivity index is 2.08. The molecule has 0 aliphatic heterocycles. The average molecular weight is 283 g/mol. The van der Waals surface area contributed by atoms with Crippen LogP contribution in [0.25, 0.3) is 17.0 Å². The van der Waals surface area contributed by atoms with Crippen molar-refractivity contribution in [1.82, 2.24) is 14.4 Å². The topological polar surface area (TPSA) is 76.7 Å². The van der Waals surface area contributed by atoms with E-state index in [1.165, 1.54) is 6.20 Å². The summed E-state index contributed by atoms with van der Waals surface area (Å²) in [6, 6.07) is 9.40. The van der Waals surface area contributed by atoms with E-state index in [4.69, 9.17) is 9.84 Å². The Morgan fingerprint density at radius 3 is 2.71 bits per heavy atom. The monoisotopic (exact) mass is 283 g/mol. The van der Waals surface area contributed by atoms with Gasteiger partial charge in [0.1, 0.15) is 5.75 Å². The molecular formula is C15H13N3O3. The molecule has 1 aromatic carbocycles. The van der Waals surface area contributed by atoms with E-state index in [1.54, 1.807) is 10.6 Å². The fourth-order valence-electron chi connectivity index (χ4n) is 2.12. The molecule has 21 heavy (non-hydrogen) atoms. The SMILES string of the molecule is CCOc1ccc(-c2ccnc3nc(C(=O)O)cn23)cc1. The molecule has 0 aliphatic carbocycles. The number of benzene rings is 1. The summed E-state index contributed by atoms with van der Waals surface area (Å²) in [4.78, 5) is 19.1. The standard InChI is InChI=1S/C15H13N3O3/c1-2-21-11-5-3-10(4-6-11)13-7-8-16-15-17-12(14(19)20)9-18(13)15/h3-9H,2H2,1H3,(H,19,20). The molecule has 0 fully saturated rings. The molecule has 0 saturated carbocycles. The normalized spacial score (nSPS) is 10.7. The minimum absolute atomic E-state index is 0.0270. The van der Waals surface area contributed by atoms with Crippen LogP contribution in [0.1, 0.15) is 17.4 Å². The van der Waals surface area contributed by atoms with Crippen molar-refractivity contribution in [2.75, 3.05) is 6.61 Å². The van der Waals surface area contributed by atoms with Gasteiger partial charge < -0.3 is 9.84 Å². The van der Waals surface area contributed by atoms with Crippen LogP contribution in [-0.2, 0) is 0 Å². The largest absolute Gasteiger partial charge is 0.494 e. The van der Waals surface area contributed by atoms with Gasteiger partial charge in [-0.3, -0.25) is 4.40 Å². The van der Waals surface area contributed by atoms with Gasteiger partial charge in [-0.1, -0.05) is 0 Å². The van der Waals surface area contributed by atoms with E-state index in [0.29, 0.717) is 12.4 Å². The zero-order valence-electron chi connectivity index (χ0n) is 11.4. The Labute approximate surface area is 120 Å². The van der Waals surface area contributed by atoms with Crippen molar-refractivity contribution in [1.29, 1.82) is 0 Å². The van der Waals surface area contributed by atoms with Gasteiger partial charge in [0.2, 0.25) is 5.78 Å². The lowest BCUT2D eigenvalue weighted by Gasteiger charge is -2.07. The number of hydrogen-bond acceptors (Lipinski definition) is 4. The number of rotatable bonds is 4. The van der Waals surface area contributed by atoms with E-state index in [-0.39, 0.29) is 5.69 Å². The van der Waals surface area contributed by atoms with E-state index in [0.717, 1.165) is 17.0 Å². The first-order valence-electron chi connectivity index (χ1n) is 6.49. The first-order valence-corrected chi connectivity index (χ1v) is 6.49. The first-order chi connectivity index (χ1) is 10.2. The van der Waals surface area contributed by atoms with E-state index in [2.05, 4.69) is 9.97 Å². The fourth-order valence-corrected chi connectivity index (χ4v) is 2.12. The number of aromatic carboxylic acids is 1. The minimum Gasteiger partial charge on any atom is -0.494 e. The molecule has 106 valence electrons. The fraction of sp³-hybridized carbons (Fsp3) is 0.133. The van der Waals surface area contributed by atoms with Gasteiger partial charge in [0.05, 0.1) is 12.3 Å². The van der Waals surface area contributed by atoms with Crippen LogP contribution in [0.3, 0.4) is 0 Å². The lowest BCUT2D eigenvalue weighted by Crippen LogP contribution is -1.95. The highest BCUT2D eigenvalue weighted by atomic mass is 16.5. The Bertz CT molecular complexity index is 794. The van der Waals surface area contributed by atoms with Gasteiger partial charge in [-0.2, -0.15) is 0 Å². The summed E-state index contributed by atoms with van der Waals surface area (Å²) < 4.78 is 7.08. The van der Waals surface area contributed by atoms with Gasteiger partial charge in [-0.15, -0.1) is 0 Å². The molecule has 6 nitrogen and oxygen atoms in total. The van der Waals surface area contributed by atoms with Crippen molar-refractivity contribution < 1.29 is 14.6 Å².